The second kappa shape index (κ2) is 6.83. The second-order valence-electron chi connectivity index (χ2n) is 4.46. The summed E-state index contributed by atoms with van der Waals surface area (Å²) >= 11 is 0. The quantitative estimate of drug-likeness (QED) is 0.685. The molecule has 1 atom stereocenters. The van der Waals surface area contributed by atoms with Crippen molar-refractivity contribution in [3.8, 4) is 0 Å². The van der Waals surface area contributed by atoms with Crippen molar-refractivity contribution in [2.75, 3.05) is 19.7 Å². The van der Waals surface area contributed by atoms with E-state index >= 15 is 0 Å². The number of hydrogen-bond donors (Lipinski definition) is 1. The normalized spacial score (nSPS) is 19.1. The largest absolute Gasteiger partial charge is 0.466 e. The number of ether oxygens (including phenoxy) is 1. The van der Waals surface area contributed by atoms with E-state index in [9.17, 15) is 4.79 Å². The van der Waals surface area contributed by atoms with Crippen LogP contribution < -0.4 is 5.32 Å². The second-order valence-corrected chi connectivity index (χ2v) is 4.46. The zero-order valence-electron chi connectivity index (χ0n) is 9.92. The first-order valence-corrected chi connectivity index (χ1v) is 6.11. The van der Waals surface area contributed by atoms with Gasteiger partial charge in [0.1, 0.15) is 0 Å². The monoisotopic (exact) mass is 213 g/mol. The summed E-state index contributed by atoms with van der Waals surface area (Å²) < 4.78 is 4.95. The smallest absolute Gasteiger partial charge is 0.309 e. The van der Waals surface area contributed by atoms with E-state index in [0.717, 1.165) is 19.0 Å². The molecule has 15 heavy (non-hydrogen) atoms. The van der Waals surface area contributed by atoms with Gasteiger partial charge < -0.3 is 10.1 Å². The van der Waals surface area contributed by atoms with E-state index in [2.05, 4.69) is 5.32 Å². The molecule has 0 amide bonds. The third kappa shape index (κ3) is 4.65. The first-order valence-electron chi connectivity index (χ1n) is 6.11. The Morgan fingerprint density at radius 3 is 2.73 bits per heavy atom. The van der Waals surface area contributed by atoms with Gasteiger partial charge in [-0.3, -0.25) is 4.79 Å². The average Bonchev–Trinajstić information content (AvgIpc) is 2.71. The van der Waals surface area contributed by atoms with Gasteiger partial charge in [0.25, 0.3) is 0 Å². The molecule has 1 unspecified atom stereocenters. The number of rotatable bonds is 6. The van der Waals surface area contributed by atoms with Gasteiger partial charge in [-0.1, -0.05) is 19.8 Å². The van der Waals surface area contributed by atoms with Crippen LogP contribution in [-0.4, -0.2) is 25.7 Å². The molecule has 88 valence electrons. The average molecular weight is 213 g/mol. The number of nitrogens with one attached hydrogen (secondary N) is 1. The maximum absolute atomic E-state index is 11.3. The summed E-state index contributed by atoms with van der Waals surface area (Å²) in [6, 6.07) is 0. The Hall–Kier alpha value is -0.570. The Kier molecular flexibility index (Phi) is 5.69. The number of hydrogen-bond acceptors (Lipinski definition) is 3. The lowest BCUT2D eigenvalue weighted by molar-refractivity contribution is -0.147. The van der Waals surface area contributed by atoms with E-state index < -0.39 is 0 Å². The lowest BCUT2D eigenvalue weighted by Crippen LogP contribution is -2.30. The van der Waals surface area contributed by atoms with Crippen molar-refractivity contribution in [3.63, 3.8) is 0 Å². The maximum Gasteiger partial charge on any atom is 0.309 e. The summed E-state index contributed by atoms with van der Waals surface area (Å²) in [5.41, 5.74) is 0. The van der Waals surface area contributed by atoms with Crippen LogP contribution >= 0.6 is 0 Å². The molecule has 3 nitrogen and oxygen atoms in total. The molecule has 0 saturated heterocycles. The van der Waals surface area contributed by atoms with Crippen LogP contribution in [0.3, 0.4) is 0 Å². The molecule has 1 aliphatic carbocycles. The zero-order chi connectivity index (χ0) is 11.1. The molecule has 1 fully saturated rings. The molecule has 0 bridgehead atoms. The Bertz CT molecular complexity index is 188. The van der Waals surface area contributed by atoms with Crippen molar-refractivity contribution < 1.29 is 9.53 Å². The SMILES string of the molecule is CCOC(=O)C(C)CNCC1CCCC1. The number of esters is 1. The van der Waals surface area contributed by atoms with E-state index in [-0.39, 0.29) is 11.9 Å². The zero-order valence-corrected chi connectivity index (χ0v) is 9.92. The van der Waals surface area contributed by atoms with E-state index in [0.29, 0.717) is 6.61 Å². The highest BCUT2D eigenvalue weighted by molar-refractivity contribution is 5.72. The molecule has 0 aromatic carbocycles. The van der Waals surface area contributed by atoms with Crippen LogP contribution in [0, 0.1) is 11.8 Å². The van der Waals surface area contributed by atoms with Gasteiger partial charge in [-0.15, -0.1) is 0 Å². The van der Waals surface area contributed by atoms with Gasteiger partial charge in [-0.05, 0) is 32.2 Å². The third-order valence-corrected chi connectivity index (χ3v) is 3.05. The Balaban J connectivity index is 2.05. The lowest BCUT2D eigenvalue weighted by Gasteiger charge is -2.14. The highest BCUT2D eigenvalue weighted by Crippen LogP contribution is 2.23. The van der Waals surface area contributed by atoms with E-state index in [1.165, 1.54) is 25.7 Å². The van der Waals surface area contributed by atoms with Crippen molar-refractivity contribution in [2.45, 2.75) is 39.5 Å². The van der Waals surface area contributed by atoms with Crippen molar-refractivity contribution in [1.29, 1.82) is 0 Å². The van der Waals surface area contributed by atoms with Crippen molar-refractivity contribution in [1.82, 2.24) is 5.32 Å². The van der Waals surface area contributed by atoms with Gasteiger partial charge in [0, 0.05) is 6.54 Å². The Labute approximate surface area is 92.6 Å². The standard InChI is InChI=1S/C12H23NO2/c1-3-15-12(14)10(2)8-13-9-11-6-4-5-7-11/h10-11,13H,3-9H2,1-2H3. The van der Waals surface area contributed by atoms with E-state index in [1.807, 2.05) is 13.8 Å². The minimum Gasteiger partial charge on any atom is -0.466 e. The predicted molar refractivity (Wildman–Crippen MR) is 60.6 cm³/mol. The summed E-state index contributed by atoms with van der Waals surface area (Å²) in [6.07, 6.45) is 5.45. The summed E-state index contributed by atoms with van der Waals surface area (Å²) in [5.74, 6) is 0.724. The van der Waals surface area contributed by atoms with Gasteiger partial charge in [0.05, 0.1) is 12.5 Å². The minimum absolute atomic E-state index is 0.0219. The van der Waals surface area contributed by atoms with Crippen LogP contribution in [0.1, 0.15) is 39.5 Å². The molecule has 0 aromatic rings. The van der Waals surface area contributed by atoms with Crippen LogP contribution in [0.5, 0.6) is 0 Å². The van der Waals surface area contributed by atoms with Crippen LogP contribution in [0.25, 0.3) is 0 Å². The highest BCUT2D eigenvalue weighted by atomic mass is 16.5. The summed E-state index contributed by atoms with van der Waals surface area (Å²) in [5, 5.41) is 3.37. The summed E-state index contributed by atoms with van der Waals surface area (Å²) in [6.45, 7) is 6.04. The fraction of sp³-hybridized carbons (Fsp3) is 0.917. The number of carbonyl (C=O) groups excluding carboxylic acids is 1. The fourth-order valence-corrected chi connectivity index (χ4v) is 2.09. The van der Waals surface area contributed by atoms with Crippen molar-refractivity contribution in [2.24, 2.45) is 11.8 Å². The molecule has 1 rings (SSSR count). The predicted octanol–water partition coefficient (Wildman–Crippen LogP) is 1.97. The lowest BCUT2D eigenvalue weighted by atomic mass is 10.1. The van der Waals surface area contributed by atoms with Gasteiger partial charge in [-0.2, -0.15) is 0 Å². The van der Waals surface area contributed by atoms with Crippen LogP contribution in [0.4, 0.5) is 0 Å². The topological polar surface area (TPSA) is 38.3 Å². The van der Waals surface area contributed by atoms with Crippen LogP contribution in [0.2, 0.25) is 0 Å². The molecule has 0 aromatic heterocycles. The van der Waals surface area contributed by atoms with E-state index in [4.69, 9.17) is 4.74 Å². The molecule has 1 saturated carbocycles. The van der Waals surface area contributed by atoms with Crippen LogP contribution in [0.15, 0.2) is 0 Å². The molecule has 3 heteroatoms. The molecular weight excluding hydrogens is 190 g/mol. The molecule has 1 aliphatic rings. The van der Waals surface area contributed by atoms with E-state index in [1.54, 1.807) is 0 Å². The van der Waals surface area contributed by atoms with Gasteiger partial charge in [0.15, 0.2) is 0 Å². The van der Waals surface area contributed by atoms with Gasteiger partial charge in [0.2, 0.25) is 0 Å². The van der Waals surface area contributed by atoms with Gasteiger partial charge >= 0.3 is 5.97 Å². The molecule has 0 spiro atoms. The van der Waals surface area contributed by atoms with Gasteiger partial charge in [-0.25, -0.2) is 0 Å². The maximum atomic E-state index is 11.3. The first kappa shape index (κ1) is 12.5. The Morgan fingerprint density at radius 1 is 1.47 bits per heavy atom. The molecular formula is C12H23NO2. The molecule has 0 radical (unpaired) electrons. The minimum atomic E-state index is -0.0866. The third-order valence-electron chi connectivity index (χ3n) is 3.05. The molecule has 1 N–H and O–H groups in total. The van der Waals surface area contributed by atoms with Crippen molar-refractivity contribution in [3.05, 3.63) is 0 Å². The molecule has 0 heterocycles. The Morgan fingerprint density at radius 2 is 2.13 bits per heavy atom. The fourth-order valence-electron chi connectivity index (χ4n) is 2.09. The summed E-state index contributed by atoms with van der Waals surface area (Å²) in [7, 11) is 0. The van der Waals surface area contributed by atoms with Crippen molar-refractivity contribution >= 4 is 5.97 Å². The number of carbonyl (C=O) groups is 1. The van der Waals surface area contributed by atoms with Crippen LogP contribution in [-0.2, 0) is 9.53 Å². The highest BCUT2D eigenvalue weighted by Gasteiger charge is 2.17. The molecule has 0 aliphatic heterocycles. The summed E-state index contributed by atoms with van der Waals surface area (Å²) in [4.78, 5) is 11.3. The first-order chi connectivity index (χ1) is 7.24.